The molecule has 3 aromatic rings. The maximum absolute atomic E-state index is 12.2. The standard InChI is InChI=1S/C17H12BrClN2O2/c18-11-1-6-15-14(9-11)16(22)7-8-21(15)10-17(23)20-13-4-2-12(19)3-5-13/h1-9H,10H2,(H,20,23). The topological polar surface area (TPSA) is 51.1 Å². The molecule has 4 nitrogen and oxygen atoms in total. The Morgan fingerprint density at radius 2 is 1.87 bits per heavy atom. The van der Waals surface area contributed by atoms with Crippen LogP contribution in [-0.4, -0.2) is 10.5 Å². The Morgan fingerprint density at radius 1 is 1.13 bits per heavy atom. The van der Waals surface area contributed by atoms with Gasteiger partial charge in [0, 0.05) is 32.8 Å². The molecule has 116 valence electrons. The molecular formula is C17H12BrClN2O2. The molecule has 0 saturated carbocycles. The van der Waals surface area contributed by atoms with Crippen molar-refractivity contribution < 1.29 is 4.79 Å². The lowest BCUT2D eigenvalue weighted by molar-refractivity contribution is -0.116. The average Bonchev–Trinajstić information content (AvgIpc) is 2.52. The van der Waals surface area contributed by atoms with Crippen molar-refractivity contribution in [2.45, 2.75) is 6.54 Å². The fourth-order valence-corrected chi connectivity index (χ4v) is 2.80. The molecule has 1 amide bonds. The van der Waals surface area contributed by atoms with Crippen molar-refractivity contribution in [1.29, 1.82) is 0 Å². The normalized spacial score (nSPS) is 10.7. The fraction of sp³-hybridized carbons (Fsp3) is 0.0588. The Morgan fingerprint density at radius 3 is 2.61 bits per heavy atom. The Balaban J connectivity index is 1.86. The van der Waals surface area contributed by atoms with Crippen LogP contribution in [0.2, 0.25) is 5.02 Å². The second-order valence-electron chi connectivity index (χ2n) is 5.02. The molecule has 1 heterocycles. The van der Waals surface area contributed by atoms with Crippen molar-refractivity contribution in [3.8, 4) is 0 Å². The van der Waals surface area contributed by atoms with E-state index in [1.54, 1.807) is 41.1 Å². The van der Waals surface area contributed by atoms with Gasteiger partial charge in [0.15, 0.2) is 5.43 Å². The highest BCUT2D eigenvalue weighted by Crippen LogP contribution is 2.17. The number of benzene rings is 2. The molecule has 0 aliphatic heterocycles. The summed E-state index contributed by atoms with van der Waals surface area (Å²) in [5.41, 5.74) is 1.31. The summed E-state index contributed by atoms with van der Waals surface area (Å²) in [7, 11) is 0. The molecule has 0 bridgehead atoms. The number of nitrogens with one attached hydrogen (secondary N) is 1. The van der Waals surface area contributed by atoms with Gasteiger partial charge in [0.25, 0.3) is 0 Å². The van der Waals surface area contributed by atoms with E-state index in [2.05, 4.69) is 21.2 Å². The number of hydrogen-bond donors (Lipinski definition) is 1. The lowest BCUT2D eigenvalue weighted by atomic mass is 10.2. The van der Waals surface area contributed by atoms with Crippen LogP contribution in [0.25, 0.3) is 10.9 Å². The van der Waals surface area contributed by atoms with Crippen molar-refractivity contribution in [2.24, 2.45) is 0 Å². The first kappa shape index (κ1) is 15.8. The molecule has 6 heteroatoms. The third-order valence-electron chi connectivity index (χ3n) is 3.38. The third-order valence-corrected chi connectivity index (χ3v) is 4.13. The Hall–Kier alpha value is -2.11. The molecular weight excluding hydrogens is 380 g/mol. The largest absolute Gasteiger partial charge is 0.338 e. The molecule has 3 rings (SSSR count). The van der Waals surface area contributed by atoms with Crippen LogP contribution in [0.3, 0.4) is 0 Å². The van der Waals surface area contributed by atoms with E-state index in [4.69, 9.17) is 11.6 Å². The zero-order valence-electron chi connectivity index (χ0n) is 11.9. The van der Waals surface area contributed by atoms with E-state index >= 15 is 0 Å². The Kier molecular flexibility index (Phi) is 4.50. The van der Waals surface area contributed by atoms with E-state index in [0.717, 1.165) is 4.47 Å². The molecule has 0 unspecified atom stereocenters. The number of rotatable bonds is 3. The first-order chi connectivity index (χ1) is 11.0. The lowest BCUT2D eigenvalue weighted by Gasteiger charge is -2.11. The summed E-state index contributed by atoms with van der Waals surface area (Å²) in [5, 5.41) is 3.98. The summed E-state index contributed by atoms with van der Waals surface area (Å²) in [6.45, 7) is 0.112. The summed E-state index contributed by atoms with van der Waals surface area (Å²) in [6, 6.07) is 13.8. The van der Waals surface area contributed by atoms with E-state index in [1.165, 1.54) is 6.07 Å². The van der Waals surface area contributed by atoms with Crippen LogP contribution in [0.1, 0.15) is 0 Å². The van der Waals surface area contributed by atoms with Gasteiger partial charge in [-0.1, -0.05) is 27.5 Å². The van der Waals surface area contributed by atoms with Crippen LogP contribution < -0.4 is 10.7 Å². The van der Waals surface area contributed by atoms with Gasteiger partial charge < -0.3 is 9.88 Å². The van der Waals surface area contributed by atoms with E-state index in [1.807, 2.05) is 12.1 Å². The molecule has 0 spiro atoms. The van der Waals surface area contributed by atoms with Gasteiger partial charge >= 0.3 is 0 Å². The third kappa shape index (κ3) is 3.63. The molecule has 0 aliphatic rings. The second kappa shape index (κ2) is 6.56. The number of nitrogens with zero attached hydrogens (tertiary/aromatic N) is 1. The van der Waals surface area contributed by atoms with Gasteiger partial charge in [-0.25, -0.2) is 0 Å². The van der Waals surface area contributed by atoms with Crippen LogP contribution >= 0.6 is 27.5 Å². The van der Waals surface area contributed by atoms with Gasteiger partial charge in [0.05, 0.1) is 5.52 Å². The molecule has 0 atom stereocenters. The first-order valence-electron chi connectivity index (χ1n) is 6.87. The van der Waals surface area contributed by atoms with Crippen molar-refractivity contribution in [3.63, 3.8) is 0 Å². The van der Waals surface area contributed by atoms with Crippen LogP contribution in [0.15, 0.2) is 64.0 Å². The summed E-state index contributed by atoms with van der Waals surface area (Å²) in [4.78, 5) is 24.2. The van der Waals surface area contributed by atoms with Gasteiger partial charge in [-0.05, 0) is 42.5 Å². The van der Waals surface area contributed by atoms with Crippen LogP contribution in [0.4, 0.5) is 5.69 Å². The smallest absolute Gasteiger partial charge is 0.244 e. The minimum Gasteiger partial charge on any atom is -0.338 e. The van der Waals surface area contributed by atoms with Gasteiger partial charge in [-0.15, -0.1) is 0 Å². The lowest BCUT2D eigenvalue weighted by Crippen LogP contribution is -2.20. The van der Waals surface area contributed by atoms with E-state index in [-0.39, 0.29) is 17.9 Å². The molecule has 0 fully saturated rings. The minimum absolute atomic E-state index is 0.0735. The Bertz CT molecular complexity index is 935. The number of amides is 1. The zero-order valence-corrected chi connectivity index (χ0v) is 14.3. The fourth-order valence-electron chi connectivity index (χ4n) is 2.31. The predicted molar refractivity (Wildman–Crippen MR) is 96.0 cm³/mol. The summed E-state index contributed by atoms with van der Waals surface area (Å²) in [6.07, 6.45) is 1.63. The number of hydrogen-bond acceptors (Lipinski definition) is 2. The number of halogens is 2. The first-order valence-corrected chi connectivity index (χ1v) is 8.04. The highest BCUT2D eigenvalue weighted by Gasteiger charge is 2.08. The quantitative estimate of drug-likeness (QED) is 0.732. The Labute approximate surface area is 145 Å². The number of aromatic nitrogens is 1. The van der Waals surface area contributed by atoms with Crippen LogP contribution in [-0.2, 0) is 11.3 Å². The number of fused-ring (bicyclic) bond motifs is 1. The summed E-state index contributed by atoms with van der Waals surface area (Å²) >= 11 is 9.17. The number of carbonyl (C=O) groups is 1. The van der Waals surface area contributed by atoms with Gasteiger partial charge in [-0.2, -0.15) is 0 Å². The van der Waals surface area contributed by atoms with Crippen molar-refractivity contribution >= 4 is 50.0 Å². The van der Waals surface area contributed by atoms with Crippen molar-refractivity contribution in [2.75, 3.05) is 5.32 Å². The van der Waals surface area contributed by atoms with E-state index < -0.39 is 0 Å². The minimum atomic E-state index is -0.180. The molecule has 0 aliphatic carbocycles. The van der Waals surface area contributed by atoms with Crippen molar-refractivity contribution in [1.82, 2.24) is 4.57 Å². The van der Waals surface area contributed by atoms with Gasteiger partial charge in [-0.3, -0.25) is 9.59 Å². The molecule has 2 aromatic carbocycles. The summed E-state index contributed by atoms with van der Waals surface area (Å²) < 4.78 is 2.57. The predicted octanol–water partition coefficient (Wildman–Crippen LogP) is 4.06. The zero-order chi connectivity index (χ0) is 16.4. The number of pyridine rings is 1. The average molecular weight is 392 g/mol. The maximum Gasteiger partial charge on any atom is 0.244 e. The molecule has 1 N–H and O–H groups in total. The van der Waals surface area contributed by atoms with Crippen molar-refractivity contribution in [3.05, 3.63) is 74.4 Å². The SMILES string of the molecule is O=C(Cn1ccc(=O)c2cc(Br)ccc21)Nc1ccc(Cl)cc1. The monoisotopic (exact) mass is 390 g/mol. The second-order valence-corrected chi connectivity index (χ2v) is 6.38. The van der Waals surface area contributed by atoms with Gasteiger partial charge in [0.2, 0.25) is 5.91 Å². The van der Waals surface area contributed by atoms with E-state index in [9.17, 15) is 9.59 Å². The maximum atomic E-state index is 12.2. The molecule has 0 saturated heterocycles. The molecule has 23 heavy (non-hydrogen) atoms. The molecule has 0 radical (unpaired) electrons. The van der Waals surface area contributed by atoms with Gasteiger partial charge in [0.1, 0.15) is 6.54 Å². The highest BCUT2D eigenvalue weighted by molar-refractivity contribution is 9.10. The van der Waals surface area contributed by atoms with Crippen LogP contribution in [0, 0.1) is 0 Å². The van der Waals surface area contributed by atoms with E-state index in [0.29, 0.717) is 21.6 Å². The summed E-state index contributed by atoms with van der Waals surface area (Å²) in [5.74, 6) is -0.180. The number of carbonyl (C=O) groups excluding carboxylic acids is 1. The highest BCUT2D eigenvalue weighted by atomic mass is 79.9. The number of anilines is 1. The molecule has 1 aromatic heterocycles. The van der Waals surface area contributed by atoms with Crippen LogP contribution in [0.5, 0.6) is 0 Å².